The standard InChI is InChI=1S/C13H16N6O/c1-18-9-11(16-17-18)8-15-10-3-2-4-12(7-10)19-6-5-14-13(19)20/h2-4,7,9,15H,5-6,8H2,1H3,(H,14,20). The molecule has 20 heavy (non-hydrogen) atoms. The minimum atomic E-state index is -0.0453. The van der Waals surface area contributed by atoms with Gasteiger partial charge in [-0.2, -0.15) is 0 Å². The molecule has 0 bridgehead atoms. The average Bonchev–Trinajstić information content (AvgIpc) is 3.05. The highest BCUT2D eigenvalue weighted by Crippen LogP contribution is 2.21. The van der Waals surface area contributed by atoms with Crippen LogP contribution < -0.4 is 15.5 Å². The molecule has 1 saturated heterocycles. The zero-order chi connectivity index (χ0) is 13.9. The summed E-state index contributed by atoms with van der Waals surface area (Å²) in [5.41, 5.74) is 2.72. The van der Waals surface area contributed by atoms with Crippen LogP contribution in [-0.4, -0.2) is 34.1 Å². The number of hydrogen-bond donors (Lipinski definition) is 2. The van der Waals surface area contributed by atoms with Gasteiger partial charge in [-0.15, -0.1) is 5.10 Å². The largest absolute Gasteiger partial charge is 0.379 e. The fourth-order valence-electron chi connectivity index (χ4n) is 2.17. The zero-order valence-electron chi connectivity index (χ0n) is 11.2. The van der Waals surface area contributed by atoms with Crippen molar-refractivity contribution in [2.75, 3.05) is 23.3 Å². The second-order valence-corrected chi connectivity index (χ2v) is 4.67. The third kappa shape index (κ3) is 2.56. The summed E-state index contributed by atoms with van der Waals surface area (Å²) < 4.78 is 1.67. The van der Waals surface area contributed by atoms with Crippen LogP contribution >= 0.6 is 0 Å². The number of carbonyl (C=O) groups is 1. The lowest BCUT2D eigenvalue weighted by molar-refractivity contribution is 0.252. The summed E-state index contributed by atoms with van der Waals surface area (Å²) in [4.78, 5) is 13.4. The predicted octanol–water partition coefficient (Wildman–Crippen LogP) is 0.957. The maximum Gasteiger partial charge on any atom is 0.321 e. The first kappa shape index (κ1) is 12.5. The van der Waals surface area contributed by atoms with E-state index < -0.39 is 0 Å². The van der Waals surface area contributed by atoms with Gasteiger partial charge < -0.3 is 10.6 Å². The lowest BCUT2D eigenvalue weighted by Gasteiger charge is -2.15. The van der Waals surface area contributed by atoms with Gasteiger partial charge in [-0.1, -0.05) is 11.3 Å². The van der Waals surface area contributed by atoms with Gasteiger partial charge >= 0.3 is 6.03 Å². The molecular formula is C13H16N6O. The van der Waals surface area contributed by atoms with Gasteiger partial charge in [0.15, 0.2) is 0 Å². The number of nitrogens with one attached hydrogen (secondary N) is 2. The number of anilines is 2. The van der Waals surface area contributed by atoms with Crippen LogP contribution in [0.1, 0.15) is 5.69 Å². The van der Waals surface area contributed by atoms with Crippen molar-refractivity contribution in [2.45, 2.75) is 6.54 Å². The molecule has 3 rings (SSSR count). The van der Waals surface area contributed by atoms with Gasteiger partial charge in [0.05, 0.1) is 6.54 Å². The number of rotatable bonds is 4. The third-order valence-corrected chi connectivity index (χ3v) is 3.14. The van der Waals surface area contributed by atoms with Crippen LogP contribution in [0.3, 0.4) is 0 Å². The topological polar surface area (TPSA) is 75.1 Å². The monoisotopic (exact) mass is 272 g/mol. The van der Waals surface area contributed by atoms with Crippen molar-refractivity contribution >= 4 is 17.4 Å². The molecule has 1 aromatic heterocycles. The van der Waals surface area contributed by atoms with Crippen molar-refractivity contribution in [3.8, 4) is 0 Å². The molecule has 1 aliphatic heterocycles. The molecule has 2 N–H and O–H groups in total. The SMILES string of the molecule is Cn1cc(CNc2cccc(N3CCNC3=O)c2)nn1. The van der Waals surface area contributed by atoms with E-state index in [1.807, 2.05) is 37.5 Å². The Balaban J connectivity index is 1.69. The Morgan fingerprint density at radius 3 is 3.05 bits per heavy atom. The Kier molecular flexibility index (Phi) is 3.24. The van der Waals surface area contributed by atoms with E-state index in [4.69, 9.17) is 0 Å². The first-order valence-electron chi connectivity index (χ1n) is 6.47. The number of benzene rings is 1. The Labute approximate surface area is 116 Å². The van der Waals surface area contributed by atoms with E-state index in [1.165, 1.54) is 0 Å². The number of urea groups is 1. The summed E-state index contributed by atoms with van der Waals surface area (Å²) in [6.07, 6.45) is 1.87. The molecule has 7 nitrogen and oxygen atoms in total. The quantitative estimate of drug-likeness (QED) is 0.869. The number of hydrogen-bond acceptors (Lipinski definition) is 4. The summed E-state index contributed by atoms with van der Waals surface area (Å²) in [5, 5.41) is 14.0. The summed E-state index contributed by atoms with van der Waals surface area (Å²) >= 11 is 0. The molecule has 0 saturated carbocycles. The second-order valence-electron chi connectivity index (χ2n) is 4.67. The summed E-state index contributed by atoms with van der Waals surface area (Å²) in [6, 6.07) is 7.74. The highest BCUT2D eigenvalue weighted by atomic mass is 16.2. The predicted molar refractivity (Wildman–Crippen MR) is 75.5 cm³/mol. The minimum Gasteiger partial charge on any atom is -0.379 e. The molecular weight excluding hydrogens is 256 g/mol. The van der Waals surface area contributed by atoms with Crippen LogP contribution in [0, 0.1) is 0 Å². The molecule has 0 unspecified atom stereocenters. The minimum absolute atomic E-state index is 0.0453. The van der Waals surface area contributed by atoms with Crippen molar-refractivity contribution < 1.29 is 4.79 Å². The van der Waals surface area contributed by atoms with Crippen molar-refractivity contribution in [2.24, 2.45) is 7.05 Å². The Morgan fingerprint density at radius 1 is 1.45 bits per heavy atom. The number of amides is 2. The Morgan fingerprint density at radius 2 is 2.35 bits per heavy atom. The van der Waals surface area contributed by atoms with Gasteiger partial charge in [-0.25, -0.2) is 4.79 Å². The Hall–Kier alpha value is -2.57. The molecule has 2 heterocycles. The van der Waals surface area contributed by atoms with E-state index >= 15 is 0 Å². The molecule has 104 valence electrons. The van der Waals surface area contributed by atoms with Crippen LogP contribution in [0.4, 0.5) is 16.2 Å². The van der Waals surface area contributed by atoms with E-state index in [9.17, 15) is 4.79 Å². The fourth-order valence-corrected chi connectivity index (χ4v) is 2.17. The number of aromatic nitrogens is 3. The molecule has 0 radical (unpaired) electrons. The van der Waals surface area contributed by atoms with Crippen molar-refractivity contribution in [3.63, 3.8) is 0 Å². The molecule has 0 spiro atoms. The Bertz CT molecular complexity index is 623. The van der Waals surface area contributed by atoms with Gasteiger partial charge in [0.25, 0.3) is 0 Å². The van der Waals surface area contributed by atoms with Gasteiger partial charge in [0.2, 0.25) is 0 Å². The number of aryl methyl sites for hydroxylation is 1. The molecule has 1 aromatic carbocycles. The first-order chi connectivity index (χ1) is 9.72. The van der Waals surface area contributed by atoms with E-state index in [0.29, 0.717) is 19.6 Å². The lowest BCUT2D eigenvalue weighted by atomic mass is 10.2. The van der Waals surface area contributed by atoms with Crippen molar-refractivity contribution in [1.82, 2.24) is 20.3 Å². The van der Waals surface area contributed by atoms with Gasteiger partial charge in [0.1, 0.15) is 5.69 Å². The smallest absolute Gasteiger partial charge is 0.321 e. The van der Waals surface area contributed by atoms with Crippen LogP contribution in [-0.2, 0) is 13.6 Å². The maximum absolute atomic E-state index is 11.6. The summed E-state index contributed by atoms with van der Waals surface area (Å²) in [7, 11) is 1.84. The maximum atomic E-state index is 11.6. The molecule has 2 aromatic rings. The number of carbonyl (C=O) groups excluding carboxylic acids is 1. The second kappa shape index (κ2) is 5.20. The van der Waals surface area contributed by atoms with Crippen LogP contribution in [0.5, 0.6) is 0 Å². The van der Waals surface area contributed by atoms with E-state index in [1.54, 1.807) is 9.58 Å². The highest BCUT2D eigenvalue weighted by molar-refractivity contribution is 5.94. The van der Waals surface area contributed by atoms with E-state index in [0.717, 1.165) is 17.1 Å². The van der Waals surface area contributed by atoms with E-state index in [-0.39, 0.29) is 6.03 Å². The van der Waals surface area contributed by atoms with E-state index in [2.05, 4.69) is 20.9 Å². The molecule has 0 atom stereocenters. The zero-order valence-corrected chi connectivity index (χ0v) is 11.2. The molecule has 7 heteroatoms. The van der Waals surface area contributed by atoms with Crippen LogP contribution in [0.25, 0.3) is 0 Å². The molecule has 0 aliphatic carbocycles. The fraction of sp³-hybridized carbons (Fsp3) is 0.308. The third-order valence-electron chi connectivity index (χ3n) is 3.14. The summed E-state index contributed by atoms with van der Waals surface area (Å²) in [5.74, 6) is 0. The van der Waals surface area contributed by atoms with Crippen molar-refractivity contribution in [3.05, 3.63) is 36.2 Å². The lowest BCUT2D eigenvalue weighted by Crippen LogP contribution is -2.27. The average molecular weight is 272 g/mol. The highest BCUT2D eigenvalue weighted by Gasteiger charge is 2.20. The first-order valence-corrected chi connectivity index (χ1v) is 6.47. The van der Waals surface area contributed by atoms with Crippen LogP contribution in [0.15, 0.2) is 30.5 Å². The number of nitrogens with zero attached hydrogens (tertiary/aromatic N) is 4. The van der Waals surface area contributed by atoms with Gasteiger partial charge in [0, 0.05) is 37.7 Å². The van der Waals surface area contributed by atoms with Gasteiger partial charge in [-0.05, 0) is 18.2 Å². The molecule has 1 fully saturated rings. The van der Waals surface area contributed by atoms with Crippen LogP contribution in [0.2, 0.25) is 0 Å². The molecule has 1 aliphatic rings. The van der Waals surface area contributed by atoms with Crippen molar-refractivity contribution in [1.29, 1.82) is 0 Å². The van der Waals surface area contributed by atoms with Gasteiger partial charge in [-0.3, -0.25) is 9.58 Å². The summed E-state index contributed by atoms with van der Waals surface area (Å²) in [6.45, 7) is 1.99. The molecule has 2 amide bonds. The normalized spacial score (nSPS) is 14.4.